The minimum atomic E-state index is -0.594. The van der Waals surface area contributed by atoms with E-state index in [1.165, 1.54) is 37.5 Å². The second kappa shape index (κ2) is 9.11. The van der Waals surface area contributed by atoms with Crippen molar-refractivity contribution in [2.24, 2.45) is 0 Å². The molecule has 0 aliphatic carbocycles. The fraction of sp³-hybridized carbons (Fsp3) is 0.273. The number of methoxy groups -OCH3 is 2. The van der Waals surface area contributed by atoms with Crippen LogP contribution < -0.4 is 19.7 Å². The molecule has 1 aliphatic heterocycles. The van der Waals surface area contributed by atoms with E-state index in [9.17, 15) is 14.4 Å². The van der Waals surface area contributed by atoms with E-state index < -0.39 is 11.7 Å². The Bertz CT molecular complexity index is 959. The standard InChI is InChI=1S/C22H22FN3O3/c1-28-20-13-19(26-9-3-4-10-26)21(29-2)12-15(20)11-16(14-24)22(27)25-18-7-5-17(23)6-8-18/h5-8,11-13H,3-4,9-10H2,1-2H3,(H,25,27). The summed E-state index contributed by atoms with van der Waals surface area (Å²) >= 11 is 0. The molecule has 29 heavy (non-hydrogen) atoms. The fourth-order valence-corrected chi connectivity index (χ4v) is 3.26. The van der Waals surface area contributed by atoms with E-state index in [2.05, 4.69) is 10.2 Å². The average molecular weight is 395 g/mol. The second-order valence-corrected chi connectivity index (χ2v) is 6.59. The number of carbonyl (C=O) groups is 1. The van der Waals surface area contributed by atoms with Gasteiger partial charge >= 0.3 is 0 Å². The maximum Gasteiger partial charge on any atom is 0.266 e. The van der Waals surface area contributed by atoms with Crippen molar-refractivity contribution in [1.29, 1.82) is 5.26 Å². The van der Waals surface area contributed by atoms with Gasteiger partial charge in [0.2, 0.25) is 0 Å². The Morgan fingerprint density at radius 3 is 2.38 bits per heavy atom. The van der Waals surface area contributed by atoms with Crippen molar-refractivity contribution < 1.29 is 18.7 Å². The number of nitriles is 1. The van der Waals surface area contributed by atoms with Gasteiger partial charge in [-0.3, -0.25) is 4.79 Å². The predicted octanol–water partition coefficient (Wildman–Crippen LogP) is 3.99. The van der Waals surface area contributed by atoms with E-state index in [0.29, 0.717) is 22.7 Å². The number of nitrogens with zero attached hydrogens (tertiary/aromatic N) is 2. The Hall–Kier alpha value is -3.53. The maximum atomic E-state index is 13.0. The van der Waals surface area contributed by atoms with Gasteiger partial charge < -0.3 is 19.7 Å². The number of rotatable bonds is 6. The van der Waals surface area contributed by atoms with Crippen LogP contribution in [-0.2, 0) is 4.79 Å². The van der Waals surface area contributed by atoms with Crippen molar-refractivity contribution in [3.05, 3.63) is 53.4 Å². The third-order valence-electron chi connectivity index (χ3n) is 4.74. The van der Waals surface area contributed by atoms with Gasteiger partial charge in [-0.15, -0.1) is 0 Å². The molecule has 0 spiro atoms. The van der Waals surface area contributed by atoms with E-state index in [4.69, 9.17) is 9.47 Å². The first-order valence-electron chi connectivity index (χ1n) is 9.25. The molecule has 150 valence electrons. The van der Waals surface area contributed by atoms with Crippen LogP contribution in [0.25, 0.3) is 6.08 Å². The van der Waals surface area contributed by atoms with Gasteiger partial charge in [-0.25, -0.2) is 4.39 Å². The molecule has 1 heterocycles. The molecule has 1 fully saturated rings. The lowest BCUT2D eigenvalue weighted by Crippen LogP contribution is -2.18. The monoisotopic (exact) mass is 395 g/mol. The molecule has 0 radical (unpaired) electrons. The number of hydrogen-bond acceptors (Lipinski definition) is 5. The molecular formula is C22H22FN3O3. The molecule has 0 saturated carbocycles. The minimum Gasteiger partial charge on any atom is -0.496 e. The largest absolute Gasteiger partial charge is 0.496 e. The molecule has 0 aromatic heterocycles. The molecule has 1 amide bonds. The third-order valence-corrected chi connectivity index (χ3v) is 4.74. The van der Waals surface area contributed by atoms with Gasteiger partial charge in [0.15, 0.2) is 0 Å². The Balaban J connectivity index is 1.92. The smallest absolute Gasteiger partial charge is 0.266 e. The molecule has 0 atom stereocenters. The zero-order chi connectivity index (χ0) is 20.8. The topological polar surface area (TPSA) is 74.6 Å². The molecule has 6 nitrogen and oxygen atoms in total. The summed E-state index contributed by atoms with van der Waals surface area (Å²) in [5.41, 5.74) is 1.77. The number of amides is 1. The summed E-state index contributed by atoms with van der Waals surface area (Å²) in [7, 11) is 3.12. The lowest BCUT2D eigenvalue weighted by molar-refractivity contribution is -0.112. The van der Waals surface area contributed by atoms with Crippen LogP contribution in [0.1, 0.15) is 18.4 Å². The van der Waals surface area contributed by atoms with Crippen LogP contribution in [0.2, 0.25) is 0 Å². The molecule has 7 heteroatoms. The summed E-state index contributed by atoms with van der Waals surface area (Å²) in [6.07, 6.45) is 3.69. The van der Waals surface area contributed by atoms with Gasteiger partial charge in [0, 0.05) is 30.4 Å². The summed E-state index contributed by atoms with van der Waals surface area (Å²) in [6.45, 7) is 1.89. The van der Waals surface area contributed by atoms with E-state index in [1.807, 2.05) is 12.1 Å². The highest BCUT2D eigenvalue weighted by molar-refractivity contribution is 6.09. The average Bonchev–Trinajstić information content (AvgIpc) is 3.27. The normalized spacial score (nSPS) is 13.7. The van der Waals surface area contributed by atoms with Gasteiger partial charge in [-0.2, -0.15) is 5.26 Å². The first kappa shape index (κ1) is 20.2. The number of benzene rings is 2. The highest BCUT2D eigenvalue weighted by atomic mass is 19.1. The van der Waals surface area contributed by atoms with Crippen LogP contribution in [0.15, 0.2) is 42.0 Å². The Labute approximate surface area is 169 Å². The van der Waals surface area contributed by atoms with Gasteiger partial charge in [0.25, 0.3) is 5.91 Å². The lowest BCUT2D eigenvalue weighted by Gasteiger charge is -2.22. The van der Waals surface area contributed by atoms with Crippen molar-refractivity contribution in [2.75, 3.05) is 37.5 Å². The third kappa shape index (κ3) is 4.66. The molecule has 3 rings (SSSR count). The number of halogens is 1. The van der Waals surface area contributed by atoms with Gasteiger partial charge in [-0.05, 0) is 49.2 Å². The van der Waals surface area contributed by atoms with Crippen LogP contribution in [0.4, 0.5) is 15.8 Å². The van der Waals surface area contributed by atoms with E-state index in [0.717, 1.165) is 31.6 Å². The van der Waals surface area contributed by atoms with Crippen LogP contribution >= 0.6 is 0 Å². The van der Waals surface area contributed by atoms with Crippen LogP contribution in [0.5, 0.6) is 11.5 Å². The van der Waals surface area contributed by atoms with Crippen molar-refractivity contribution >= 4 is 23.4 Å². The number of carbonyl (C=O) groups excluding carboxylic acids is 1. The molecule has 0 unspecified atom stereocenters. The van der Waals surface area contributed by atoms with E-state index in [1.54, 1.807) is 13.2 Å². The summed E-state index contributed by atoms with van der Waals surface area (Å²) < 4.78 is 24.1. The van der Waals surface area contributed by atoms with Crippen molar-refractivity contribution in [3.63, 3.8) is 0 Å². The van der Waals surface area contributed by atoms with E-state index >= 15 is 0 Å². The van der Waals surface area contributed by atoms with Gasteiger partial charge in [-0.1, -0.05) is 0 Å². The number of hydrogen-bond donors (Lipinski definition) is 1. The van der Waals surface area contributed by atoms with Crippen LogP contribution in [-0.4, -0.2) is 33.2 Å². The Morgan fingerprint density at radius 1 is 1.14 bits per heavy atom. The van der Waals surface area contributed by atoms with E-state index in [-0.39, 0.29) is 5.57 Å². The molecule has 1 aliphatic rings. The molecular weight excluding hydrogens is 373 g/mol. The lowest BCUT2D eigenvalue weighted by atomic mass is 10.1. The fourth-order valence-electron chi connectivity index (χ4n) is 3.26. The minimum absolute atomic E-state index is 0.108. The number of anilines is 2. The first-order chi connectivity index (χ1) is 14.0. The maximum absolute atomic E-state index is 13.0. The number of nitrogens with one attached hydrogen (secondary N) is 1. The molecule has 2 aromatic carbocycles. The summed E-state index contributed by atoms with van der Waals surface area (Å²) in [5.74, 6) is 0.183. The van der Waals surface area contributed by atoms with Gasteiger partial charge in [0.05, 0.1) is 19.9 Å². The predicted molar refractivity (Wildman–Crippen MR) is 110 cm³/mol. The van der Waals surface area contributed by atoms with Crippen molar-refractivity contribution in [2.45, 2.75) is 12.8 Å². The number of ether oxygens (including phenoxy) is 2. The summed E-state index contributed by atoms with van der Waals surface area (Å²) in [4.78, 5) is 14.7. The Morgan fingerprint density at radius 2 is 1.79 bits per heavy atom. The summed E-state index contributed by atoms with van der Waals surface area (Å²) in [6, 6.07) is 10.9. The molecule has 0 bridgehead atoms. The van der Waals surface area contributed by atoms with Crippen molar-refractivity contribution in [1.82, 2.24) is 0 Å². The van der Waals surface area contributed by atoms with Crippen LogP contribution in [0.3, 0.4) is 0 Å². The zero-order valence-corrected chi connectivity index (χ0v) is 16.4. The molecule has 2 aromatic rings. The molecule has 1 saturated heterocycles. The summed E-state index contributed by atoms with van der Waals surface area (Å²) in [5, 5.41) is 12.1. The van der Waals surface area contributed by atoms with Gasteiger partial charge in [0.1, 0.15) is 29.0 Å². The molecule has 1 N–H and O–H groups in total. The highest BCUT2D eigenvalue weighted by Gasteiger charge is 2.20. The second-order valence-electron chi connectivity index (χ2n) is 6.59. The zero-order valence-electron chi connectivity index (χ0n) is 16.4. The Kier molecular flexibility index (Phi) is 6.35. The first-order valence-corrected chi connectivity index (χ1v) is 9.25. The SMILES string of the molecule is COc1cc(N2CCCC2)c(OC)cc1C=C(C#N)C(=O)Nc1ccc(F)cc1. The quantitative estimate of drug-likeness (QED) is 0.591. The van der Waals surface area contributed by atoms with Crippen molar-refractivity contribution in [3.8, 4) is 17.6 Å². The van der Waals surface area contributed by atoms with Crippen LogP contribution in [0, 0.1) is 17.1 Å². The highest BCUT2D eigenvalue weighted by Crippen LogP contribution is 2.38.